The number of aliphatic hydroxyl groups excluding tert-OH is 1. The van der Waals surface area contributed by atoms with Crippen molar-refractivity contribution < 1.29 is 29.0 Å². The molecule has 0 amide bonds. The van der Waals surface area contributed by atoms with E-state index < -0.39 is 11.5 Å². The van der Waals surface area contributed by atoms with E-state index >= 15 is 0 Å². The largest absolute Gasteiger partial charge is 0.463 e. The Balaban J connectivity index is 2.54. The van der Waals surface area contributed by atoms with E-state index in [9.17, 15) is 14.7 Å². The van der Waals surface area contributed by atoms with Crippen LogP contribution in [0.5, 0.6) is 0 Å². The van der Waals surface area contributed by atoms with Crippen LogP contribution in [0.4, 0.5) is 0 Å². The average Bonchev–Trinajstić information content (AvgIpc) is 2.55. The Morgan fingerprint density at radius 2 is 1.59 bits per heavy atom. The van der Waals surface area contributed by atoms with Crippen LogP contribution in [0.1, 0.15) is 67.7 Å². The molecule has 7 nitrogen and oxygen atoms in total. The Morgan fingerprint density at radius 3 is 2.04 bits per heavy atom. The Labute approximate surface area is 163 Å². The van der Waals surface area contributed by atoms with Crippen LogP contribution in [-0.2, 0) is 23.9 Å². The van der Waals surface area contributed by atoms with Gasteiger partial charge in [-0.25, -0.2) is 0 Å². The van der Waals surface area contributed by atoms with Gasteiger partial charge in [-0.2, -0.15) is 5.06 Å². The summed E-state index contributed by atoms with van der Waals surface area (Å²) in [6, 6.07) is 0. The summed E-state index contributed by atoms with van der Waals surface area (Å²) < 4.78 is 10.4. The highest BCUT2D eigenvalue weighted by Crippen LogP contribution is 2.41. The van der Waals surface area contributed by atoms with Gasteiger partial charge in [0.1, 0.15) is 19.3 Å². The minimum absolute atomic E-state index is 0.186. The first-order valence-electron chi connectivity index (χ1n) is 9.63. The van der Waals surface area contributed by atoms with Crippen molar-refractivity contribution in [1.29, 1.82) is 0 Å². The number of nitrogens with zero attached hydrogens (tertiary/aromatic N) is 1. The first-order valence-corrected chi connectivity index (χ1v) is 9.63. The maximum atomic E-state index is 12.5. The predicted octanol–water partition coefficient (Wildman–Crippen LogP) is 2.70. The van der Waals surface area contributed by atoms with Gasteiger partial charge in [0.15, 0.2) is 0 Å². The molecule has 0 aromatic heterocycles. The van der Waals surface area contributed by atoms with Crippen molar-refractivity contribution in [2.45, 2.75) is 84.9 Å². The minimum atomic E-state index is -1.04. The molecule has 0 aliphatic carbocycles. The van der Waals surface area contributed by atoms with Gasteiger partial charge in [0, 0.05) is 11.1 Å². The monoisotopic (exact) mass is 387 g/mol. The molecule has 1 aliphatic heterocycles. The zero-order valence-corrected chi connectivity index (χ0v) is 18.1. The number of carbonyl (C=O) groups excluding carboxylic acids is 2. The second kappa shape index (κ2) is 8.88. The molecule has 1 aliphatic rings. The zero-order chi connectivity index (χ0) is 21.0. The van der Waals surface area contributed by atoms with E-state index in [0.717, 1.165) is 0 Å². The van der Waals surface area contributed by atoms with Gasteiger partial charge < -0.3 is 19.4 Å². The molecule has 0 bridgehead atoms. The average molecular weight is 388 g/mol. The summed E-state index contributed by atoms with van der Waals surface area (Å²) in [4.78, 5) is 30.0. The lowest BCUT2D eigenvalue weighted by Crippen LogP contribution is -2.60. The third-order valence-corrected chi connectivity index (χ3v) is 5.37. The molecular formula is C20H37NO6. The Bertz CT molecular complexity index is 511. The van der Waals surface area contributed by atoms with Gasteiger partial charge in [-0.15, -0.1) is 0 Å². The number of piperidine rings is 1. The molecule has 27 heavy (non-hydrogen) atoms. The number of hydroxylamine groups is 2. The van der Waals surface area contributed by atoms with Gasteiger partial charge >= 0.3 is 11.9 Å². The van der Waals surface area contributed by atoms with Crippen molar-refractivity contribution in [3.8, 4) is 0 Å². The van der Waals surface area contributed by atoms with Crippen molar-refractivity contribution in [1.82, 2.24) is 5.06 Å². The van der Waals surface area contributed by atoms with Crippen LogP contribution in [0.25, 0.3) is 0 Å². The smallest absolute Gasteiger partial charge is 0.311 e. The molecule has 158 valence electrons. The molecule has 0 aromatic carbocycles. The highest BCUT2D eigenvalue weighted by atomic mass is 16.7. The van der Waals surface area contributed by atoms with E-state index in [2.05, 4.69) is 0 Å². The molecule has 1 saturated heterocycles. The van der Waals surface area contributed by atoms with E-state index in [1.807, 2.05) is 39.7 Å². The Hall–Kier alpha value is -1.18. The van der Waals surface area contributed by atoms with Crippen molar-refractivity contribution >= 4 is 11.9 Å². The molecule has 1 rings (SSSR count). The number of hydrogen-bond donors (Lipinski definition) is 1. The molecule has 0 radical (unpaired) electrons. The van der Waals surface area contributed by atoms with Crippen LogP contribution in [0, 0.1) is 11.3 Å². The Kier molecular flexibility index (Phi) is 7.85. The van der Waals surface area contributed by atoms with Crippen LogP contribution < -0.4 is 0 Å². The van der Waals surface area contributed by atoms with E-state index in [1.165, 1.54) is 0 Å². The predicted molar refractivity (Wildman–Crippen MR) is 102 cm³/mol. The number of aliphatic hydroxyl groups is 1. The lowest BCUT2D eigenvalue weighted by atomic mass is 9.75. The number of carbonyl (C=O) groups is 2. The second-order valence-corrected chi connectivity index (χ2v) is 9.33. The summed E-state index contributed by atoms with van der Waals surface area (Å²) in [5.74, 6) is -0.993. The number of esters is 2. The fourth-order valence-corrected chi connectivity index (χ4v) is 3.78. The van der Waals surface area contributed by atoms with Gasteiger partial charge in [0.25, 0.3) is 0 Å². The molecule has 0 saturated carbocycles. The van der Waals surface area contributed by atoms with Gasteiger partial charge in [-0.3, -0.25) is 9.59 Å². The summed E-state index contributed by atoms with van der Waals surface area (Å²) in [6.07, 6.45) is 0.797. The molecule has 1 N–H and O–H groups in total. The van der Waals surface area contributed by atoms with Crippen molar-refractivity contribution in [2.75, 3.05) is 20.3 Å². The van der Waals surface area contributed by atoms with Gasteiger partial charge in [-0.1, -0.05) is 6.92 Å². The SMILES string of the molecule is CCC(C)(C)C(=O)OCC(O)COC(=O)C1CC(C)(C)N(OC)C(C)(C)C1. The summed E-state index contributed by atoms with van der Waals surface area (Å²) in [7, 11) is 1.64. The fraction of sp³-hybridized carbons (Fsp3) is 0.900. The summed E-state index contributed by atoms with van der Waals surface area (Å²) in [5.41, 5.74) is -1.23. The van der Waals surface area contributed by atoms with Crippen LogP contribution in [0.15, 0.2) is 0 Å². The standard InChI is InChI=1S/C20H37NO6/c1-9-18(2,3)17(24)27-13-15(22)12-26-16(23)14-10-19(4,5)21(25-8)20(6,7)11-14/h14-15,22H,9-13H2,1-8H3. The maximum absolute atomic E-state index is 12.5. The van der Waals surface area contributed by atoms with Crippen molar-refractivity contribution in [3.63, 3.8) is 0 Å². The van der Waals surface area contributed by atoms with Gasteiger partial charge in [0.05, 0.1) is 18.4 Å². The minimum Gasteiger partial charge on any atom is -0.463 e. The number of ether oxygens (including phenoxy) is 2. The fourth-order valence-electron chi connectivity index (χ4n) is 3.78. The number of hydrogen-bond acceptors (Lipinski definition) is 7. The normalized spacial score (nSPS) is 21.5. The molecule has 0 spiro atoms. The first kappa shape index (κ1) is 23.9. The molecule has 1 fully saturated rings. The zero-order valence-electron chi connectivity index (χ0n) is 18.1. The van der Waals surface area contributed by atoms with E-state index in [1.54, 1.807) is 21.0 Å². The molecule has 1 heterocycles. The molecule has 7 heteroatoms. The third kappa shape index (κ3) is 6.16. The third-order valence-electron chi connectivity index (χ3n) is 5.37. The summed E-state index contributed by atoms with van der Waals surface area (Å²) in [5, 5.41) is 11.9. The van der Waals surface area contributed by atoms with Crippen molar-refractivity contribution in [3.05, 3.63) is 0 Å². The quantitative estimate of drug-likeness (QED) is 0.641. The highest BCUT2D eigenvalue weighted by molar-refractivity contribution is 5.75. The second-order valence-electron chi connectivity index (χ2n) is 9.33. The molecule has 1 atom stereocenters. The van der Waals surface area contributed by atoms with E-state index in [-0.39, 0.29) is 42.1 Å². The molecular weight excluding hydrogens is 350 g/mol. The van der Waals surface area contributed by atoms with E-state index in [4.69, 9.17) is 14.3 Å². The van der Waals surface area contributed by atoms with Crippen LogP contribution >= 0.6 is 0 Å². The van der Waals surface area contributed by atoms with Crippen LogP contribution in [0.3, 0.4) is 0 Å². The number of rotatable bonds is 8. The van der Waals surface area contributed by atoms with Crippen LogP contribution in [-0.4, -0.2) is 59.6 Å². The van der Waals surface area contributed by atoms with Gasteiger partial charge in [-0.05, 0) is 60.8 Å². The summed E-state index contributed by atoms with van der Waals surface area (Å²) in [6.45, 7) is 13.2. The first-order chi connectivity index (χ1) is 12.3. The Morgan fingerprint density at radius 1 is 1.11 bits per heavy atom. The maximum Gasteiger partial charge on any atom is 0.311 e. The van der Waals surface area contributed by atoms with Crippen molar-refractivity contribution in [2.24, 2.45) is 11.3 Å². The van der Waals surface area contributed by atoms with Gasteiger partial charge in [0.2, 0.25) is 0 Å². The van der Waals surface area contributed by atoms with E-state index in [0.29, 0.717) is 19.3 Å². The lowest BCUT2D eigenvalue weighted by molar-refractivity contribution is -0.272. The highest BCUT2D eigenvalue weighted by Gasteiger charge is 2.48. The molecule has 0 aromatic rings. The van der Waals surface area contributed by atoms with Crippen LogP contribution in [0.2, 0.25) is 0 Å². The summed E-state index contributed by atoms with van der Waals surface area (Å²) >= 11 is 0. The topological polar surface area (TPSA) is 85.3 Å². The molecule has 1 unspecified atom stereocenters. The lowest BCUT2D eigenvalue weighted by Gasteiger charge is -2.52.